The first-order valence-corrected chi connectivity index (χ1v) is 11.3. The second-order valence-corrected chi connectivity index (χ2v) is 8.04. The summed E-state index contributed by atoms with van der Waals surface area (Å²) in [5.74, 6) is -1.56. The molecule has 3 N–H and O–H groups in total. The number of aldehydes is 1. The number of hydrogen-bond acceptors (Lipinski definition) is 9. The summed E-state index contributed by atoms with van der Waals surface area (Å²) in [6.07, 6.45) is 0.471. The topological polar surface area (TPSA) is 162 Å². The van der Waals surface area contributed by atoms with Gasteiger partial charge in [-0.15, -0.1) is 0 Å². The third-order valence-corrected chi connectivity index (χ3v) is 5.86. The number of non-ortho nitro benzene ring substituents is 1. The van der Waals surface area contributed by atoms with E-state index < -0.39 is 22.8 Å². The van der Waals surface area contributed by atoms with Crippen LogP contribution in [0.15, 0.2) is 42.5 Å². The fourth-order valence-corrected chi connectivity index (χ4v) is 4.02. The summed E-state index contributed by atoms with van der Waals surface area (Å²) in [6.45, 7) is 0.670. The molecule has 190 valence electrons. The minimum atomic E-state index is -1.09. The molecule has 0 saturated carbocycles. The lowest BCUT2D eigenvalue weighted by molar-refractivity contribution is -0.384. The van der Waals surface area contributed by atoms with Crippen molar-refractivity contribution in [2.75, 3.05) is 43.5 Å². The van der Waals surface area contributed by atoms with Gasteiger partial charge < -0.3 is 25.4 Å². The summed E-state index contributed by atoms with van der Waals surface area (Å²) in [7, 11) is 1.46. The van der Waals surface area contributed by atoms with Crippen molar-refractivity contribution in [3.8, 4) is 0 Å². The van der Waals surface area contributed by atoms with Crippen molar-refractivity contribution in [1.82, 2.24) is 10.2 Å². The van der Waals surface area contributed by atoms with Gasteiger partial charge in [0.15, 0.2) is 0 Å². The Morgan fingerprint density at radius 1 is 1.17 bits per heavy atom. The lowest BCUT2D eigenvalue weighted by atomic mass is 10.1. The Hall–Kier alpha value is -4.32. The van der Waals surface area contributed by atoms with Crippen molar-refractivity contribution in [2.24, 2.45) is 0 Å². The first kappa shape index (κ1) is 26.3. The highest BCUT2D eigenvalue weighted by atomic mass is 16.6. The maximum Gasteiger partial charge on any atom is 0.269 e. The number of carbonyl (C=O) groups is 4. The summed E-state index contributed by atoms with van der Waals surface area (Å²) in [5.41, 5.74) is 1.35. The van der Waals surface area contributed by atoms with Crippen LogP contribution >= 0.6 is 0 Å². The Kier molecular flexibility index (Phi) is 8.68. The van der Waals surface area contributed by atoms with E-state index in [4.69, 9.17) is 0 Å². The molecule has 1 unspecified atom stereocenters. The number of nitro benzene ring substituents is 1. The predicted octanol–water partition coefficient (Wildman–Crippen LogP) is 1.20. The highest BCUT2D eigenvalue weighted by molar-refractivity contribution is 6.24. The Morgan fingerprint density at radius 3 is 2.50 bits per heavy atom. The first-order chi connectivity index (χ1) is 17.3. The minimum Gasteiger partial charge on any atom is -0.395 e. The van der Waals surface area contributed by atoms with Gasteiger partial charge in [-0.2, -0.15) is 0 Å². The number of nitrogens with zero attached hydrogens (tertiary/aromatic N) is 3. The molecule has 1 aliphatic heterocycles. The number of carbonyl (C=O) groups excluding carboxylic acids is 4. The molecule has 0 aromatic heterocycles. The van der Waals surface area contributed by atoms with Gasteiger partial charge in [0.25, 0.3) is 17.5 Å². The largest absolute Gasteiger partial charge is 0.395 e. The fourth-order valence-electron chi connectivity index (χ4n) is 4.02. The van der Waals surface area contributed by atoms with Gasteiger partial charge in [-0.1, -0.05) is 6.07 Å². The van der Waals surface area contributed by atoms with Gasteiger partial charge in [-0.3, -0.25) is 29.4 Å². The molecule has 3 rings (SSSR count). The van der Waals surface area contributed by atoms with Crippen LogP contribution < -0.4 is 15.5 Å². The average Bonchev–Trinajstić information content (AvgIpc) is 3.14. The summed E-state index contributed by atoms with van der Waals surface area (Å²) in [6, 6.07) is 9.62. The third-order valence-electron chi connectivity index (χ3n) is 5.86. The predicted molar refractivity (Wildman–Crippen MR) is 131 cm³/mol. The van der Waals surface area contributed by atoms with E-state index in [0.29, 0.717) is 30.8 Å². The number of imide groups is 1. The highest BCUT2D eigenvalue weighted by Crippen LogP contribution is 2.33. The van der Waals surface area contributed by atoms with Gasteiger partial charge in [0, 0.05) is 50.9 Å². The SMILES string of the molecule is CNC(=O)CCC(C=O)N1C(=O)c2cccc(N(CCO)CCNc3ccc([N+](=O)[O-])cc3)c2C1=O. The number of nitrogens with one attached hydrogen (secondary N) is 2. The molecule has 1 atom stereocenters. The van der Waals surface area contributed by atoms with Crippen LogP contribution in [-0.4, -0.2) is 78.3 Å². The Labute approximate surface area is 207 Å². The minimum absolute atomic E-state index is 0.00346. The van der Waals surface area contributed by atoms with Gasteiger partial charge in [-0.25, -0.2) is 0 Å². The number of aliphatic hydroxyl groups is 1. The number of benzene rings is 2. The van der Waals surface area contributed by atoms with Crippen molar-refractivity contribution in [3.63, 3.8) is 0 Å². The van der Waals surface area contributed by atoms with E-state index in [1.54, 1.807) is 29.2 Å². The zero-order chi connectivity index (χ0) is 26.2. The molecule has 2 aromatic rings. The van der Waals surface area contributed by atoms with Crippen LogP contribution in [0.3, 0.4) is 0 Å². The molecule has 1 heterocycles. The average molecular weight is 498 g/mol. The first-order valence-electron chi connectivity index (χ1n) is 11.3. The number of amides is 3. The van der Waals surface area contributed by atoms with Crippen LogP contribution in [0.1, 0.15) is 33.6 Å². The zero-order valence-electron chi connectivity index (χ0n) is 19.7. The maximum absolute atomic E-state index is 13.3. The van der Waals surface area contributed by atoms with Crippen LogP contribution in [-0.2, 0) is 9.59 Å². The smallest absolute Gasteiger partial charge is 0.269 e. The van der Waals surface area contributed by atoms with Crippen molar-refractivity contribution >= 4 is 41.1 Å². The van der Waals surface area contributed by atoms with Crippen LogP contribution in [0, 0.1) is 10.1 Å². The van der Waals surface area contributed by atoms with E-state index in [1.807, 2.05) is 0 Å². The molecule has 0 radical (unpaired) electrons. The molecule has 12 nitrogen and oxygen atoms in total. The van der Waals surface area contributed by atoms with Crippen molar-refractivity contribution in [3.05, 3.63) is 63.7 Å². The maximum atomic E-state index is 13.3. The van der Waals surface area contributed by atoms with Crippen LogP contribution in [0.2, 0.25) is 0 Å². The van der Waals surface area contributed by atoms with E-state index in [2.05, 4.69) is 10.6 Å². The van der Waals surface area contributed by atoms with Crippen molar-refractivity contribution < 1.29 is 29.2 Å². The van der Waals surface area contributed by atoms with Crippen molar-refractivity contribution in [1.29, 1.82) is 0 Å². The zero-order valence-corrected chi connectivity index (χ0v) is 19.7. The number of nitro groups is 1. The molecule has 0 bridgehead atoms. The molecule has 0 fully saturated rings. The van der Waals surface area contributed by atoms with E-state index in [9.17, 15) is 34.4 Å². The standard InChI is InChI=1S/C24H27N5O7/c1-25-21(32)10-9-18(15-31)28-23(33)19-3-2-4-20(22(19)24(28)34)27(13-14-30)12-11-26-16-5-7-17(8-6-16)29(35)36/h2-8,15,18,26,30H,9-14H2,1H3,(H,25,32). The van der Waals surface area contributed by atoms with Gasteiger partial charge in [0.05, 0.1) is 34.4 Å². The van der Waals surface area contributed by atoms with Gasteiger partial charge in [-0.05, 0) is 30.7 Å². The summed E-state index contributed by atoms with van der Waals surface area (Å²) >= 11 is 0. The lowest BCUT2D eigenvalue weighted by Crippen LogP contribution is -2.41. The Balaban J connectivity index is 1.78. The van der Waals surface area contributed by atoms with Crippen LogP contribution in [0.4, 0.5) is 17.1 Å². The second-order valence-electron chi connectivity index (χ2n) is 8.04. The molecular formula is C24H27N5O7. The Morgan fingerprint density at radius 2 is 1.89 bits per heavy atom. The summed E-state index contributed by atoms with van der Waals surface area (Å²) in [4.78, 5) is 62.7. The van der Waals surface area contributed by atoms with Crippen molar-refractivity contribution in [2.45, 2.75) is 18.9 Å². The number of rotatable bonds is 13. The molecule has 0 saturated heterocycles. The monoisotopic (exact) mass is 497 g/mol. The molecule has 0 aliphatic carbocycles. The number of anilines is 2. The number of fused-ring (bicyclic) bond motifs is 1. The quantitative estimate of drug-likeness (QED) is 0.160. The van der Waals surface area contributed by atoms with E-state index in [1.165, 1.54) is 25.2 Å². The van der Waals surface area contributed by atoms with E-state index >= 15 is 0 Å². The third kappa shape index (κ3) is 5.66. The van der Waals surface area contributed by atoms with E-state index in [-0.39, 0.29) is 48.7 Å². The molecule has 3 amide bonds. The molecular weight excluding hydrogens is 470 g/mol. The van der Waals surface area contributed by atoms with Crippen LogP contribution in [0.5, 0.6) is 0 Å². The van der Waals surface area contributed by atoms with Gasteiger partial charge >= 0.3 is 0 Å². The molecule has 0 spiro atoms. The molecule has 12 heteroatoms. The molecule has 36 heavy (non-hydrogen) atoms. The lowest BCUT2D eigenvalue weighted by Gasteiger charge is -2.26. The molecule has 2 aromatic carbocycles. The summed E-state index contributed by atoms with van der Waals surface area (Å²) < 4.78 is 0. The fraction of sp³-hybridized carbons (Fsp3) is 0.333. The van der Waals surface area contributed by atoms with Gasteiger partial charge in [0.2, 0.25) is 5.91 Å². The van der Waals surface area contributed by atoms with Gasteiger partial charge in [0.1, 0.15) is 6.29 Å². The highest BCUT2D eigenvalue weighted by Gasteiger charge is 2.42. The Bertz CT molecular complexity index is 1150. The second kappa shape index (κ2) is 11.9. The number of hydrogen-bond donors (Lipinski definition) is 3. The number of aliphatic hydroxyl groups excluding tert-OH is 1. The normalized spacial score (nSPS) is 13.2. The van der Waals surface area contributed by atoms with Crippen LogP contribution in [0.25, 0.3) is 0 Å². The summed E-state index contributed by atoms with van der Waals surface area (Å²) in [5, 5.41) is 26.0. The molecule has 1 aliphatic rings. The van der Waals surface area contributed by atoms with E-state index in [0.717, 1.165) is 4.90 Å².